The molecule has 0 unspecified atom stereocenters. The van der Waals surface area contributed by atoms with Crippen molar-refractivity contribution >= 4 is 12.0 Å². The first-order chi connectivity index (χ1) is 9.27. The van der Waals surface area contributed by atoms with Crippen molar-refractivity contribution in [1.29, 1.82) is 0 Å². The van der Waals surface area contributed by atoms with Crippen LogP contribution in [-0.2, 0) is 9.53 Å². The Bertz CT molecular complexity index is 402. The third-order valence-corrected chi connectivity index (χ3v) is 4.21. The summed E-state index contributed by atoms with van der Waals surface area (Å²) in [6, 6.07) is 0. The van der Waals surface area contributed by atoms with Crippen LogP contribution in [0, 0.1) is 5.41 Å². The normalized spacial score (nSPS) is 27.3. The number of ether oxygens (including phenoxy) is 1. The van der Waals surface area contributed by atoms with E-state index in [0.29, 0.717) is 13.1 Å². The first kappa shape index (κ1) is 15.1. The summed E-state index contributed by atoms with van der Waals surface area (Å²) in [4.78, 5) is 28.3. The summed E-state index contributed by atoms with van der Waals surface area (Å²) in [5.41, 5.74) is -0.845. The van der Waals surface area contributed by atoms with Crippen LogP contribution < -0.4 is 0 Å². The van der Waals surface area contributed by atoms with Crippen LogP contribution in [0.25, 0.3) is 0 Å². The Balaban J connectivity index is 2.06. The van der Waals surface area contributed by atoms with Crippen LogP contribution in [0.1, 0.15) is 47.0 Å². The summed E-state index contributed by atoms with van der Waals surface area (Å²) in [5, 5.41) is 0. The molecule has 0 aliphatic carbocycles. The Morgan fingerprint density at radius 2 is 2.00 bits per heavy atom. The minimum absolute atomic E-state index is 0.216. The maximum Gasteiger partial charge on any atom is 0.410 e. The molecule has 5 nitrogen and oxygen atoms in total. The minimum Gasteiger partial charge on any atom is -0.444 e. The number of hydrogen-bond donors (Lipinski definition) is 0. The summed E-state index contributed by atoms with van der Waals surface area (Å²) in [7, 11) is 0. The molecule has 0 bridgehead atoms. The quantitative estimate of drug-likeness (QED) is 0.741. The highest BCUT2D eigenvalue weighted by Crippen LogP contribution is 2.40. The van der Waals surface area contributed by atoms with Gasteiger partial charge in [0, 0.05) is 26.2 Å². The standard InChI is InChI=1S/C15H26N2O3/c1-5-16-10-8-15(12(16)18)7-6-9-17(11-15)13(19)20-14(2,3)4/h5-11H2,1-4H3/t15-/m0/s1. The molecule has 2 amide bonds. The largest absolute Gasteiger partial charge is 0.444 e. The average molecular weight is 282 g/mol. The molecule has 2 fully saturated rings. The predicted molar refractivity (Wildman–Crippen MR) is 76.3 cm³/mol. The molecule has 0 N–H and O–H groups in total. The van der Waals surface area contributed by atoms with E-state index in [4.69, 9.17) is 4.74 Å². The van der Waals surface area contributed by atoms with E-state index in [2.05, 4.69) is 0 Å². The molecule has 0 saturated carbocycles. The van der Waals surface area contributed by atoms with Crippen LogP contribution >= 0.6 is 0 Å². The zero-order valence-electron chi connectivity index (χ0n) is 13.1. The van der Waals surface area contributed by atoms with E-state index in [-0.39, 0.29) is 17.4 Å². The number of rotatable bonds is 1. The maximum atomic E-state index is 12.5. The zero-order valence-corrected chi connectivity index (χ0v) is 13.1. The van der Waals surface area contributed by atoms with Crippen LogP contribution in [0.15, 0.2) is 0 Å². The number of piperidine rings is 1. The highest BCUT2D eigenvalue weighted by atomic mass is 16.6. The van der Waals surface area contributed by atoms with E-state index in [0.717, 1.165) is 32.4 Å². The fraction of sp³-hybridized carbons (Fsp3) is 0.867. The van der Waals surface area contributed by atoms with Gasteiger partial charge in [-0.1, -0.05) is 0 Å². The number of carbonyl (C=O) groups excluding carboxylic acids is 2. The summed E-state index contributed by atoms with van der Waals surface area (Å²) >= 11 is 0. The smallest absolute Gasteiger partial charge is 0.410 e. The molecule has 20 heavy (non-hydrogen) atoms. The van der Waals surface area contributed by atoms with Crippen molar-refractivity contribution in [2.45, 2.75) is 52.6 Å². The van der Waals surface area contributed by atoms with Crippen LogP contribution in [0.4, 0.5) is 4.79 Å². The Hall–Kier alpha value is -1.26. The Labute approximate surface area is 121 Å². The molecule has 0 aromatic rings. The summed E-state index contributed by atoms with van der Waals surface area (Å²) in [6.45, 7) is 10.4. The number of likely N-dealkylation sites (tertiary alicyclic amines) is 2. The predicted octanol–water partition coefficient (Wildman–Crippen LogP) is 2.26. The molecule has 1 spiro atoms. The van der Waals surface area contributed by atoms with E-state index in [9.17, 15) is 9.59 Å². The van der Waals surface area contributed by atoms with Gasteiger partial charge in [0.1, 0.15) is 5.60 Å². The van der Waals surface area contributed by atoms with Crippen LogP contribution in [-0.4, -0.2) is 53.6 Å². The monoisotopic (exact) mass is 282 g/mol. The van der Waals surface area contributed by atoms with Gasteiger partial charge in [-0.25, -0.2) is 4.79 Å². The highest BCUT2D eigenvalue weighted by molar-refractivity contribution is 5.86. The van der Waals surface area contributed by atoms with E-state index < -0.39 is 5.60 Å². The minimum atomic E-state index is -0.489. The van der Waals surface area contributed by atoms with Crippen molar-refractivity contribution in [1.82, 2.24) is 9.80 Å². The SMILES string of the molecule is CCN1CC[C@]2(CCCN(C(=O)OC(C)(C)C)C2)C1=O. The third kappa shape index (κ3) is 2.91. The van der Waals surface area contributed by atoms with Crippen LogP contribution in [0.5, 0.6) is 0 Å². The van der Waals surface area contributed by atoms with Gasteiger partial charge in [-0.3, -0.25) is 4.79 Å². The third-order valence-electron chi connectivity index (χ3n) is 4.21. The van der Waals surface area contributed by atoms with Crippen molar-refractivity contribution < 1.29 is 14.3 Å². The second kappa shape index (κ2) is 5.26. The molecule has 2 aliphatic rings. The van der Waals surface area contributed by atoms with Gasteiger partial charge in [0.15, 0.2) is 0 Å². The lowest BCUT2D eigenvalue weighted by molar-refractivity contribution is -0.138. The lowest BCUT2D eigenvalue weighted by atomic mass is 9.78. The van der Waals surface area contributed by atoms with Gasteiger partial charge in [-0.05, 0) is 47.0 Å². The molecule has 2 rings (SSSR count). The molecule has 0 aromatic heterocycles. The lowest BCUT2D eigenvalue weighted by Gasteiger charge is -2.39. The second-order valence-corrected chi connectivity index (χ2v) is 6.92. The van der Waals surface area contributed by atoms with Crippen molar-refractivity contribution in [3.63, 3.8) is 0 Å². The first-order valence-corrected chi connectivity index (χ1v) is 7.55. The van der Waals surface area contributed by atoms with E-state index >= 15 is 0 Å². The number of hydrogen-bond acceptors (Lipinski definition) is 3. The molecule has 1 atom stereocenters. The van der Waals surface area contributed by atoms with Gasteiger partial charge < -0.3 is 14.5 Å². The Morgan fingerprint density at radius 1 is 1.30 bits per heavy atom. The molecular weight excluding hydrogens is 256 g/mol. The van der Waals surface area contributed by atoms with Crippen molar-refractivity contribution in [2.24, 2.45) is 5.41 Å². The van der Waals surface area contributed by atoms with Crippen molar-refractivity contribution in [3.8, 4) is 0 Å². The average Bonchev–Trinajstić information content (AvgIpc) is 2.65. The number of carbonyl (C=O) groups is 2. The van der Waals surface area contributed by atoms with Gasteiger partial charge in [0.2, 0.25) is 5.91 Å². The molecule has 2 aliphatic heterocycles. The number of amides is 2. The fourth-order valence-electron chi connectivity index (χ4n) is 3.19. The molecule has 2 heterocycles. The lowest BCUT2D eigenvalue weighted by Crippen LogP contribution is -2.50. The van der Waals surface area contributed by atoms with E-state index in [1.54, 1.807) is 4.90 Å². The second-order valence-electron chi connectivity index (χ2n) is 6.92. The van der Waals surface area contributed by atoms with Crippen molar-refractivity contribution in [3.05, 3.63) is 0 Å². The van der Waals surface area contributed by atoms with Gasteiger partial charge in [-0.2, -0.15) is 0 Å². The topological polar surface area (TPSA) is 49.9 Å². The summed E-state index contributed by atoms with van der Waals surface area (Å²) in [6.07, 6.45) is 2.34. The van der Waals surface area contributed by atoms with Crippen LogP contribution in [0.3, 0.4) is 0 Å². The molecule has 114 valence electrons. The molecule has 5 heteroatoms. The molecule has 0 aromatic carbocycles. The van der Waals surface area contributed by atoms with Gasteiger partial charge in [-0.15, -0.1) is 0 Å². The van der Waals surface area contributed by atoms with Crippen LogP contribution in [0.2, 0.25) is 0 Å². The van der Waals surface area contributed by atoms with E-state index in [1.165, 1.54) is 0 Å². The van der Waals surface area contributed by atoms with Gasteiger partial charge >= 0.3 is 6.09 Å². The van der Waals surface area contributed by atoms with E-state index in [1.807, 2.05) is 32.6 Å². The van der Waals surface area contributed by atoms with Gasteiger partial charge in [0.25, 0.3) is 0 Å². The molecular formula is C15H26N2O3. The summed E-state index contributed by atoms with van der Waals surface area (Å²) < 4.78 is 5.43. The maximum absolute atomic E-state index is 12.5. The molecule has 0 radical (unpaired) electrons. The summed E-state index contributed by atoms with van der Waals surface area (Å²) in [5.74, 6) is 0.216. The zero-order chi connectivity index (χ0) is 15.0. The fourth-order valence-corrected chi connectivity index (χ4v) is 3.19. The highest BCUT2D eigenvalue weighted by Gasteiger charge is 2.49. The Kier molecular flexibility index (Phi) is 3.98. The first-order valence-electron chi connectivity index (χ1n) is 7.55. The van der Waals surface area contributed by atoms with Gasteiger partial charge in [0.05, 0.1) is 5.41 Å². The number of nitrogens with zero attached hydrogens (tertiary/aromatic N) is 2. The van der Waals surface area contributed by atoms with Crippen molar-refractivity contribution in [2.75, 3.05) is 26.2 Å². The Morgan fingerprint density at radius 3 is 2.55 bits per heavy atom. The molecule has 2 saturated heterocycles.